The first kappa shape index (κ1) is 16.1. The van der Waals surface area contributed by atoms with Gasteiger partial charge in [0.15, 0.2) is 0 Å². The largest absolute Gasteiger partial charge is 0.419 e. The zero-order chi connectivity index (χ0) is 18.1. The molecular weight excluding hydrogens is 343 g/mol. The van der Waals surface area contributed by atoms with Gasteiger partial charge in [-0.2, -0.15) is 13.2 Å². The molecule has 5 nitrogen and oxygen atoms in total. The minimum absolute atomic E-state index is 0.367. The smallest absolute Gasteiger partial charge is 0.383 e. The van der Waals surface area contributed by atoms with Gasteiger partial charge in [-0.15, -0.1) is 0 Å². The number of nitrogens with two attached hydrogens (primary N) is 1. The SMILES string of the molecule is Nc1ncc(-c2cn([C@H]3[C@@H]4CNC[C@@H]43)c(CC3CC3)n2)cc1C(F)(F)F. The third kappa shape index (κ3) is 2.67. The number of halogens is 3. The third-order valence-corrected chi connectivity index (χ3v) is 5.86. The summed E-state index contributed by atoms with van der Waals surface area (Å²) in [6, 6.07) is 1.49. The zero-order valence-corrected chi connectivity index (χ0v) is 14.1. The van der Waals surface area contributed by atoms with E-state index < -0.39 is 17.6 Å². The third-order valence-electron chi connectivity index (χ3n) is 5.86. The molecule has 8 heteroatoms. The fraction of sp³-hybridized carbons (Fsp3) is 0.556. The highest BCUT2D eigenvalue weighted by molar-refractivity contribution is 5.62. The molecule has 2 saturated carbocycles. The van der Waals surface area contributed by atoms with Crippen LogP contribution in [0.15, 0.2) is 18.5 Å². The number of hydrogen-bond acceptors (Lipinski definition) is 4. The molecule has 0 unspecified atom stereocenters. The Balaban J connectivity index is 1.52. The van der Waals surface area contributed by atoms with Gasteiger partial charge in [0, 0.05) is 43.5 Å². The molecule has 5 rings (SSSR count). The molecule has 1 saturated heterocycles. The van der Waals surface area contributed by atoms with Crippen molar-refractivity contribution in [2.75, 3.05) is 18.8 Å². The first-order valence-electron chi connectivity index (χ1n) is 9.03. The quantitative estimate of drug-likeness (QED) is 0.876. The summed E-state index contributed by atoms with van der Waals surface area (Å²) in [5.74, 6) is 2.39. The molecular formula is C18H20F3N5. The zero-order valence-electron chi connectivity index (χ0n) is 14.1. The van der Waals surface area contributed by atoms with Gasteiger partial charge in [0.2, 0.25) is 0 Å². The van der Waals surface area contributed by atoms with Crippen LogP contribution in [0.1, 0.15) is 30.3 Å². The Morgan fingerprint density at radius 3 is 2.62 bits per heavy atom. The van der Waals surface area contributed by atoms with E-state index in [1.165, 1.54) is 19.0 Å². The van der Waals surface area contributed by atoms with Crippen molar-refractivity contribution in [1.29, 1.82) is 0 Å². The normalized spacial score (nSPS) is 27.6. The lowest BCUT2D eigenvalue weighted by molar-refractivity contribution is -0.137. The maximum absolute atomic E-state index is 13.2. The van der Waals surface area contributed by atoms with Crippen LogP contribution >= 0.6 is 0 Å². The Kier molecular flexibility index (Phi) is 3.38. The van der Waals surface area contributed by atoms with Crippen molar-refractivity contribution in [3.05, 3.63) is 29.8 Å². The second-order valence-electron chi connectivity index (χ2n) is 7.73. The molecule has 2 aromatic heterocycles. The van der Waals surface area contributed by atoms with Crippen LogP contribution in [0.2, 0.25) is 0 Å². The highest BCUT2D eigenvalue weighted by Crippen LogP contribution is 2.53. The number of rotatable bonds is 4. The molecule has 2 aromatic rings. The molecule has 3 atom stereocenters. The van der Waals surface area contributed by atoms with E-state index in [4.69, 9.17) is 10.7 Å². The van der Waals surface area contributed by atoms with Gasteiger partial charge in [-0.3, -0.25) is 0 Å². The number of pyridine rings is 1. The summed E-state index contributed by atoms with van der Waals surface area (Å²) in [4.78, 5) is 8.45. The number of hydrogen-bond donors (Lipinski definition) is 2. The van der Waals surface area contributed by atoms with Crippen molar-refractivity contribution in [2.45, 2.75) is 31.5 Å². The maximum Gasteiger partial charge on any atom is 0.419 e. The molecule has 0 amide bonds. The van der Waals surface area contributed by atoms with E-state index in [0.29, 0.717) is 35.1 Å². The van der Waals surface area contributed by atoms with E-state index in [2.05, 4.69) is 14.9 Å². The van der Waals surface area contributed by atoms with Crippen molar-refractivity contribution in [1.82, 2.24) is 19.9 Å². The van der Waals surface area contributed by atoms with E-state index in [1.807, 2.05) is 6.20 Å². The van der Waals surface area contributed by atoms with Crippen molar-refractivity contribution < 1.29 is 13.2 Å². The van der Waals surface area contributed by atoms with Gasteiger partial charge in [-0.05, 0) is 36.7 Å². The molecule has 1 aliphatic heterocycles. The molecule has 3 aliphatic rings. The second-order valence-corrected chi connectivity index (χ2v) is 7.73. The molecule has 138 valence electrons. The molecule has 2 aliphatic carbocycles. The Bertz CT molecular complexity index is 845. The molecule has 3 heterocycles. The summed E-state index contributed by atoms with van der Waals surface area (Å²) < 4.78 is 41.7. The molecule has 0 spiro atoms. The number of nitrogen functional groups attached to an aromatic ring is 1. The topological polar surface area (TPSA) is 68.8 Å². The molecule has 26 heavy (non-hydrogen) atoms. The predicted octanol–water partition coefficient (Wildman–Crippen LogP) is 2.89. The van der Waals surface area contributed by atoms with Gasteiger partial charge in [-0.25, -0.2) is 9.97 Å². The van der Waals surface area contributed by atoms with Crippen LogP contribution in [-0.4, -0.2) is 27.6 Å². The van der Waals surface area contributed by atoms with E-state index >= 15 is 0 Å². The van der Waals surface area contributed by atoms with Crippen LogP contribution in [0, 0.1) is 17.8 Å². The molecule has 0 bridgehead atoms. The molecule has 0 radical (unpaired) electrons. The minimum atomic E-state index is -4.52. The van der Waals surface area contributed by atoms with Gasteiger partial charge in [0.05, 0.1) is 11.3 Å². The lowest BCUT2D eigenvalue weighted by Gasteiger charge is -2.10. The number of imidazole rings is 1. The first-order valence-corrected chi connectivity index (χ1v) is 9.03. The Morgan fingerprint density at radius 1 is 1.23 bits per heavy atom. The lowest BCUT2D eigenvalue weighted by atomic mass is 10.1. The van der Waals surface area contributed by atoms with Crippen LogP contribution in [0.4, 0.5) is 19.0 Å². The van der Waals surface area contributed by atoms with Gasteiger partial charge in [0.1, 0.15) is 11.6 Å². The first-order chi connectivity index (χ1) is 12.4. The van der Waals surface area contributed by atoms with Crippen LogP contribution in [0.25, 0.3) is 11.3 Å². The van der Waals surface area contributed by atoms with E-state index in [9.17, 15) is 13.2 Å². The van der Waals surface area contributed by atoms with Crippen molar-refractivity contribution in [3.63, 3.8) is 0 Å². The highest BCUT2D eigenvalue weighted by Gasteiger charge is 2.54. The summed E-state index contributed by atoms with van der Waals surface area (Å²) in [7, 11) is 0. The number of nitrogens with one attached hydrogen (secondary N) is 1. The minimum Gasteiger partial charge on any atom is -0.383 e. The van der Waals surface area contributed by atoms with E-state index in [1.54, 1.807) is 0 Å². The Hall–Kier alpha value is -2.09. The van der Waals surface area contributed by atoms with Crippen molar-refractivity contribution in [3.8, 4) is 11.3 Å². The van der Waals surface area contributed by atoms with Gasteiger partial charge < -0.3 is 15.6 Å². The maximum atomic E-state index is 13.2. The van der Waals surface area contributed by atoms with Crippen LogP contribution in [0.3, 0.4) is 0 Å². The van der Waals surface area contributed by atoms with Gasteiger partial charge in [-0.1, -0.05) is 0 Å². The summed E-state index contributed by atoms with van der Waals surface area (Å²) in [5, 5.41) is 3.38. The monoisotopic (exact) mass is 363 g/mol. The van der Waals surface area contributed by atoms with Crippen LogP contribution < -0.4 is 11.1 Å². The summed E-state index contributed by atoms with van der Waals surface area (Å²) >= 11 is 0. The average molecular weight is 363 g/mol. The average Bonchev–Trinajstić information content (AvgIpc) is 3.42. The second kappa shape index (κ2) is 5.45. The van der Waals surface area contributed by atoms with Crippen molar-refractivity contribution in [2.24, 2.45) is 17.8 Å². The highest BCUT2D eigenvalue weighted by atomic mass is 19.4. The lowest BCUT2D eigenvalue weighted by Crippen LogP contribution is -2.17. The Labute approximate surface area is 148 Å². The van der Waals surface area contributed by atoms with Gasteiger partial charge in [0.25, 0.3) is 0 Å². The van der Waals surface area contributed by atoms with Crippen LogP contribution in [0.5, 0.6) is 0 Å². The fourth-order valence-electron chi connectivity index (χ4n) is 4.20. The standard InChI is InChI=1S/C18H20F3N5/c19-18(20,21)13-4-10(5-24-17(13)22)14-8-26(15(25-14)3-9-1-2-9)16-11-6-23-7-12(11)16/h4-5,8-9,11-12,16,23H,1-3,6-7H2,(H2,22,24)/t11-,12+,16+. The number of anilines is 1. The van der Waals surface area contributed by atoms with Crippen LogP contribution in [-0.2, 0) is 12.6 Å². The Morgan fingerprint density at radius 2 is 1.96 bits per heavy atom. The number of piperidine rings is 1. The van der Waals surface area contributed by atoms with E-state index in [-0.39, 0.29) is 0 Å². The fourth-order valence-corrected chi connectivity index (χ4v) is 4.20. The predicted molar refractivity (Wildman–Crippen MR) is 90.2 cm³/mol. The summed E-state index contributed by atoms with van der Waals surface area (Å²) in [6.07, 6.45) is 2.09. The summed E-state index contributed by atoms with van der Waals surface area (Å²) in [5.41, 5.74) is 5.44. The number of aromatic nitrogens is 3. The summed E-state index contributed by atoms with van der Waals surface area (Å²) in [6.45, 7) is 2.01. The van der Waals surface area contributed by atoms with E-state index in [0.717, 1.165) is 31.4 Å². The van der Waals surface area contributed by atoms with Gasteiger partial charge >= 0.3 is 6.18 Å². The number of nitrogens with zero attached hydrogens (tertiary/aromatic N) is 3. The number of fused-ring (bicyclic) bond motifs is 1. The van der Waals surface area contributed by atoms with Crippen molar-refractivity contribution >= 4 is 5.82 Å². The number of alkyl halides is 3. The molecule has 3 N–H and O–H groups in total. The molecule has 0 aromatic carbocycles. The molecule has 3 fully saturated rings.